The van der Waals surface area contributed by atoms with Crippen molar-refractivity contribution in [2.75, 3.05) is 4.31 Å². The van der Waals surface area contributed by atoms with Crippen LogP contribution in [0.5, 0.6) is 0 Å². The maximum atomic E-state index is 13.1. The molecule has 1 atom stereocenters. The van der Waals surface area contributed by atoms with E-state index in [0.29, 0.717) is 10.6 Å². The Balaban J connectivity index is 2.00. The molecule has 4 rings (SSSR count). The molecule has 114 valence electrons. The predicted octanol–water partition coefficient (Wildman–Crippen LogP) is 3.98. The van der Waals surface area contributed by atoms with Crippen LogP contribution < -0.4 is 4.31 Å². The molecule has 0 aromatic heterocycles. The predicted molar refractivity (Wildman–Crippen MR) is 90.8 cm³/mol. The molecule has 0 bridgehead atoms. The van der Waals surface area contributed by atoms with E-state index in [1.807, 2.05) is 72.8 Å². The van der Waals surface area contributed by atoms with E-state index in [9.17, 15) is 8.42 Å². The molecule has 0 spiro atoms. The third-order valence-corrected chi connectivity index (χ3v) is 5.98. The molecule has 0 saturated heterocycles. The van der Waals surface area contributed by atoms with Crippen LogP contribution in [0.2, 0.25) is 0 Å². The highest BCUT2D eigenvalue weighted by molar-refractivity contribution is 7.93. The molecule has 0 saturated carbocycles. The lowest BCUT2D eigenvalue weighted by molar-refractivity contribution is 0.594. The van der Waals surface area contributed by atoms with Gasteiger partial charge < -0.3 is 0 Å². The molecule has 0 amide bonds. The summed E-state index contributed by atoms with van der Waals surface area (Å²) in [6.07, 6.45) is 0. The summed E-state index contributed by atoms with van der Waals surface area (Å²) in [5, 5.41) is 0. The second-order valence-corrected chi connectivity index (χ2v) is 7.27. The van der Waals surface area contributed by atoms with Crippen LogP contribution >= 0.6 is 0 Å². The van der Waals surface area contributed by atoms with Gasteiger partial charge in [0.2, 0.25) is 0 Å². The lowest BCUT2D eigenvalue weighted by atomic mass is 9.98. The first kappa shape index (κ1) is 14.0. The van der Waals surface area contributed by atoms with Gasteiger partial charge in [0.1, 0.15) is 0 Å². The summed E-state index contributed by atoms with van der Waals surface area (Å²) in [6, 6.07) is 25.9. The number of fused-ring (bicyclic) bond motifs is 1. The molecule has 0 aliphatic carbocycles. The van der Waals surface area contributed by atoms with Gasteiger partial charge in [-0.15, -0.1) is 0 Å². The SMILES string of the molecule is O=S1(=O)c2ccccc2C(c2ccccc2)N1c1ccccc1. The molecule has 1 heterocycles. The van der Waals surface area contributed by atoms with Crippen molar-refractivity contribution in [3.8, 4) is 0 Å². The van der Waals surface area contributed by atoms with Crippen molar-refractivity contribution in [3.05, 3.63) is 96.1 Å². The molecule has 3 aromatic rings. The van der Waals surface area contributed by atoms with Gasteiger partial charge in [0, 0.05) is 5.56 Å². The molecular weight excluding hydrogens is 306 g/mol. The van der Waals surface area contributed by atoms with E-state index in [-0.39, 0.29) is 6.04 Å². The van der Waals surface area contributed by atoms with Crippen molar-refractivity contribution in [2.45, 2.75) is 10.9 Å². The van der Waals surface area contributed by atoms with Gasteiger partial charge in [-0.05, 0) is 23.8 Å². The van der Waals surface area contributed by atoms with Crippen molar-refractivity contribution in [3.63, 3.8) is 0 Å². The van der Waals surface area contributed by atoms with Crippen LogP contribution in [0.15, 0.2) is 89.8 Å². The second-order valence-electron chi connectivity index (χ2n) is 5.49. The van der Waals surface area contributed by atoms with Crippen molar-refractivity contribution < 1.29 is 8.42 Å². The Morgan fingerprint density at radius 2 is 1.26 bits per heavy atom. The average molecular weight is 321 g/mol. The first-order chi connectivity index (χ1) is 11.2. The molecule has 1 unspecified atom stereocenters. The standard InChI is InChI=1S/C19H15NO2S/c21-23(22)18-14-8-7-13-17(18)19(15-9-3-1-4-10-15)20(23)16-11-5-2-6-12-16/h1-14,19H. The molecule has 3 nitrogen and oxygen atoms in total. The van der Waals surface area contributed by atoms with E-state index in [1.165, 1.54) is 4.31 Å². The van der Waals surface area contributed by atoms with Gasteiger partial charge >= 0.3 is 0 Å². The number of para-hydroxylation sites is 1. The van der Waals surface area contributed by atoms with Crippen LogP contribution in [0.25, 0.3) is 0 Å². The number of hydrogen-bond acceptors (Lipinski definition) is 2. The Bertz CT molecular complexity index is 937. The van der Waals surface area contributed by atoms with Crippen LogP contribution in [0, 0.1) is 0 Å². The van der Waals surface area contributed by atoms with Gasteiger partial charge in [-0.2, -0.15) is 0 Å². The molecule has 0 radical (unpaired) electrons. The monoisotopic (exact) mass is 321 g/mol. The Morgan fingerprint density at radius 1 is 0.696 bits per heavy atom. The van der Waals surface area contributed by atoms with Crippen LogP contribution in [0.4, 0.5) is 5.69 Å². The number of benzene rings is 3. The highest BCUT2D eigenvalue weighted by atomic mass is 32.2. The van der Waals surface area contributed by atoms with Crippen molar-refractivity contribution in [1.82, 2.24) is 0 Å². The number of nitrogens with zero attached hydrogens (tertiary/aromatic N) is 1. The number of sulfonamides is 1. The van der Waals surface area contributed by atoms with Gasteiger partial charge in [0.25, 0.3) is 10.0 Å². The molecule has 3 aromatic carbocycles. The zero-order chi connectivity index (χ0) is 15.9. The van der Waals surface area contributed by atoms with E-state index < -0.39 is 10.0 Å². The third kappa shape index (κ3) is 2.14. The summed E-state index contributed by atoms with van der Waals surface area (Å²) >= 11 is 0. The smallest absolute Gasteiger partial charge is 0.254 e. The highest BCUT2D eigenvalue weighted by Gasteiger charge is 2.43. The molecular formula is C19H15NO2S. The zero-order valence-electron chi connectivity index (χ0n) is 12.3. The zero-order valence-corrected chi connectivity index (χ0v) is 13.1. The Morgan fingerprint density at radius 3 is 1.96 bits per heavy atom. The van der Waals surface area contributed by atoms with E-state index in [4.69, 9.17) is 0 Å². The largest absolute Gasteiger partial charge is 0.265 e. The van der Waals surface area contributed by atoms with Crippen molar-refractivity contribution >= 4 is 15.7 Å². The van der Waals surface area contributed by atoms with Crippen molar-refractivity contribution in [1.29, 1.82) is 0 Å². The average Bonchev–Trinajstić information content (AvgIpc) is 2.84. The maximum Gasteiger partial charge on any atom is 0.265 e. The van der Waals surface area contributed by atoms with Gasteiger partial charge in [-0.3, -0.25) is 4.31 Å². The molecule has 0 N–H and O–H groups in total. The van der Waals surface area contributed by atoms with E-state index in [2.05, 4.69) is 0 Å². The summed E-state index contributed by atoms with van der Waals surface area (Å²) in [7, 11) is -3.56. The van der Waals surface area contributed by atoms with Crippen LogP contribution in [-0.4, -0.2) is 8.42 Å². The highest BCUT2D eigenvalue weighted by Crippen LogP contribution is 2.45. The molecule has 0 fully saturated rings. The Kier molecular flexibility index (Phi) is 3.20. The van der Waals surface area contributed by atoms with Gasteiger partial charge in [-0.25, -0.2) is 8.42 Å². The first-order valence-electron chi connectivity index (χ1n) is 7.43. The molecule has 1 aliphatic heterocycles. The van der Waals surface area contributed by atoms with Crippen LogP contribution in [0.1, 0.15) is 17.2 Å². The van der Waals surface area contributed by atoms with E-state index >= 15 is 0 Å². The minimum absolute atomic E-state index is 0.334. The number of hydrogen-bond donors (Lipinski definition) is 0. The molecule has 1 aliphatic rings. The van der Waals surface area contributed by atoms with Crippen LogP contribution in [-0.2, 0) is 10.0 Å². The van der Waals surface area contributed by atoms with Gasteiger partial charge in [0.15, 0.2) is 0 Å². The fourth-order valence-electron chi connectivity index (χ4n) is 3.13. The number of rotatable bonds is 2. The van der Waals surface area contributed by atoms with Gasteiger partial charge in [0.05, 0.1) is 16.6 Å². The Labute approximate surface area is 135 Å². The summed E-state index contributed by atoms with van der Waals surface area (Å²) in [6.45, 7) is 0. The minimum atomic E-state index is -3.56. The third-order valence-electron chi connectivity index (χ3n) is 4.11. The van der Waals surface area contributed by atoms with Gasteiger partial charge in [-0.1, -0.05) is 66.7 Å². The summed E-state index contributed by atoms with van der Waals surface area (Å²) in [5.41, 5.74) is 2.46. The van der Waals surface area contributed by atoms with E-state index in [0.717, 1.165) is 11.1 Å². The molecule has 4 heteroatoms. The summed E-state index contributed by atoms with van der Waals surface area (Å²) in [5.74, 6) is 0. The molecule has 23 heavy (non-hydrogen) atoms. The topological polar surface area (TPSA) is 37.4 Å². The minimum Gasteiger partial charge on any atom is -0.254 e. The second kappa shape index (κ2) is 5.25. The van der Waals surface area contributed by atoms with Crippen LogP contribution in [0.3, 0.4) is 0 Å². The lowest BCUT2D eigenvalue weighted by Crippen LogP contribution is -2.28. The fourth-order valence-corrected chi connectivity index (χ4v) is 4.98. The summed E-state index contributed by atoms with van der Waals surface area (Å²) in [4.78, 5) is 0.387. The Hall–Kier alpha value is -2.59. The van der Waals surface area contributed by atoms with E-state index in [1.54, 1.807) is 12.1 Å². The lowest BCUT2D eigenvalue weighted by Gasteiger charge is -2.26. The normalized spacial score (nSPS) is 18.6. The first-order valence-corrected chi connectivity index (χ1v) is 8.87. The number of anilines is 1. The quantitative estimate of drug-likeness (QED) is 0.716. The maximum absolute atomic E-state index is 13.1. The fraction of sp³-hybridized carbons (Fsp3) is 0.0526. The van der Waals surface area contributed by atoms with Crippen molar-refractivity contribution in [2.24, 2.45) is 0 Å². The summed E-state index contributed by atoms with van der Waals surface area (Å²) < 4.78 is 27.7.